The summed E-state index contributed by atoms with van der Waals surface area (Å²) in [5, 5.41) is 0. The van der Waals surface area contributed by atoms with Crippen LogP contribution in [0.5, 0.6) is 0 Å². The number of hydrogen-bond donors (Lipinski definition) is 0. The first-order chi connectivity index (χ1) is 3.91. The summed E-state index contributed by atoms with van der Waals surface area (Å²) in [4.78, 5) is 0. The number of allylic oxidation sites excluding steroid dienone is 1. The van der Waals surface area contributed by atoms with Crippen LogP contribution in [0.25, 0.3) is 0 Å². The summed E-state index contributed by atoms with van der Waals surface area (Å²) in [6, 6.07) is 0. The van der Waals surface area contributed by atoms with Gasteiger partial charge in [-0.15, -0.1) is 0 Å². The van der Waals surface area contributed by atoms with E-state index in [1.54, 1.807) is 6.08 Å². The SMILES string of the molecule is [CH3].[CH]=CCCCCCC. The predicted octanol–water partition coefficient (Wildman–Crippen LogP) is 3.40. The van der Waals surface area contributed by atoms with Crippen molar-refractivity contribution in [2.75, 3.05) is 0 Å². The predicted molar refractivity (Wildman–Crippen MR) is 44.0 cm³/mol. The molecule has 0 aliphatic heterocycles. The maximum absolute atomic E-state index is 5.19. The molecule has 0 spiro atoms. The Morgan fingerprint density at radius 2 is 1.89 bits per heavy atom. The molecule has 0 heteroatoms. The van der Waals surface area contributed by atoms with Gasteiger partial charge in [-0.1, -0.05) is 46.3 Å². The van der Waals surface area contributed by atoms with Crippen molar-refractivity contribution in [2.24, 2.45) is 0 Å². The molecule has 9 heavy (non-hydrogen) atoms. The number of hydrogen-bond acceptors (Lipinski definition) is 0. The first-order valence-corrected chi connectivity index (χ1v) is 3.45. The molecular weight excluding hydrogens is 108 g/mol. The lowest BCUT2D eigenvalue weighted by Crippen LogP contribution is -1.71. The topological polar surface area (TPSA) is 0 Å². The van der Waals surface area contributed by atoms with Crippen molar-refractivity contribution in [3.63, 3.8) is 0 Å². The average molecular weight is 126 g/mol. The van der Waals surface area contributed by atoms with Crippen molar-refractivity contribution in [3.05, 3.63) is 20.1 Å². The van der Waals surface area contributed by atoms with Crippen LogP contribution in [0.15, 0.2) is 6.08 Å². The Bertz CT molecular complexity index is 46.0. The molecule has 0 atom stereocenters. The van der Waals surface area contributed by atoms with Gasteiger partial charge in [-0.3, -0.25) is 0 Å². The molecule has 54 valence electrons. The van der Waals surface area contributed by atoms with E-state index in [-0.39, 0.29) is 7.43 Å². The molecule has 0 N–H and O–H groups in total. The Hall–Kier alpha value is -0.260. The summed E-state index contributed by atoms with van der Waals surface area (Å²) in [6.45, 7) is 7.40. The zero-order chi connectivity index (χ0) is 6.24. The summed E-state index contributed by atoms with van der Waals surface area (Å²) in [6.07, 6.45) is 8.10. The summed E-state index contributed by atoms with van der Waals surface area (Å²) in [5.41, 5.74) is 0. The van der Waals surface area contributed by atoms with E-state index in [9.17, 15) is 0 Å². The Morgan fingerprint density at radius 1 is 1.22 bits per heavy atom. The molecule has 0 amide bonds. The zero-order valence-corrected chi connectivity index (χ0v) is 6.69. The molecule has 0 aliphatic carbocycles. The summed E-state index contributed by atoms with van der Waals surface area (Å²) < 4.78 is 0. The highest BCUT2D eigenvalue weighted by Gasteiger charge is 1.81. The van der Waals surface area contributed by atoms with Gasteiger partial charge in [-0.05, 0) is 12.8 Å². The lowest BCUT2D eigenvalue weighted by atomic mass is 10.2. The quantitative estimate of drug-likeness (QED) is 0.495. The molecule has 0 aromatic rings. The minimum atomic E-state index is 0. The molecule has 0 nitrogen and oxygen atoms in total. The fraction of sp³-hybridized carbons (Fsp3) is 0.667. The summed E-state index contributed by atoms with van der Waals surface area (Å²) in [7, 11) is 0. The third-order valence-electron chi connectivity index (χ3n) is 1.22. The van der Waals surface area contributed by atoms with E-state index in [2.05, 4.69) is 6.92 Å². The summed E-state index contributed by atoms with van der Waals surface area (Å²) >= 11 is 0. The van der Waals surface area contributed by atoms with E-state index in [0.29, 0.717) is 0 Å². The van der Waals surface area contributed by atoms with Crippen LogP contribution in [-0.2, 0) is 0 Å². The first kappa shape index (κ1) is 11.5. The van der Waals surface area contributed by atoms with E-state index in [1.807, 2.05) is 0 Å². The van der Waals surface area contributed by atoms with Crippen molar-refractivity contribution in [1.29, 1.82) is 0 Å². The van der Waals surface area contributed by atoms with Crippen LogP contribution in [0, 0.1) is 14.0 Å². The molecule has 0 rings (SSSR count). The van der Waals surface area contributed by atoms with Gasteiger partial charge in [0.2, 0.25) is 0 Å². The highest BCUT2D eigenvalue weighted by molar-refractivity contribution is 4.61. The molecule has 0 saturated heterocycles. The van der Waals surface area contributed by atoms with Gasteiger partial charge in [0, 0.05) is 0 Å². The monoisotopic (exact) mass is 126 g/mol. The highest BCUT2D eigenvalue weighted by Crippen LogP contribution is 2.01. The van der Waals surface area contributed by atoms with Gasteiger partial charge < -0.3 is 0 Å². The average Bonchev–Trinajstić information content (AvgIpc) is 1.81. The second-order valence-corrected chi connectivity index (χ2v) is 2.09. The Balaban J connectivity index is 0. The van der Waals surface area contributed by atoms with Crippen molar-refractivity contribution in [2.45, 2.75) is 39.0 Å². The molecule has 0 saturated carbocycles. The molecule has 0 heterocycles. The van der Waals surface area contributed by atoms with E-state index < -0.39 is 0 Å². The smallest absolute Gasteiger partial charge is 0.0348 e. The minimum absolute atomic E-state index is 0. The van der Waals surface area contributed by atoms with Crippen LogP contribution in [0.4, 0.5) is 0 Å². The zero-order valence-electron chi connectivity index (χ0n) is 6.69. The van der Waals surface area contributed by atoms with Crippen molar-refractivity contribution >= 4 is 0 Å². The maximum Gasteiger partial charge on any atom is -0.0348 e. The number of unbranched alkanes of at least 4 members (excludes halogenated alkanes) is 4. The van der Waals surface area contributed by atoms with Crippen LogP contribution in [0.2, 0.25) is 0 Å². The molecule has 0 unspecified atom stereocenters. The third-order valence-corrected chi connectivity index (χ3v) is 1.22. The van der Waals surface area contributed by atoms with Gasteiger partial charge in [0.05, 0.1) is 0 Å². The fourth-order valence-electron chi connectivity index (χ4n) is 0.689. The Labute approximate surface area is 60.0 Å². The summed E-state index contributed by atoms with van der Waals surface area (Å²) in [5.74, 6) is 0. The van der Waals surface area contributed by atoms with Gasteiger partial charge in [0.1, 0.15) is 0 Å². The second kappa shape index (κ2) is 10.7. The lowest BCUT2D eigenvalue weighted by Gasteiger charge is -1.91. The molecular formula is C9H18. The first-order valence-electron chi connectivity index (χ1n) is 3.45. The standard InChI is InChI=1S/C8H15.CH3/c1-3-5-7-8-6-4-2;/h1,3H,4-8H2,2H3;1H3. The van der Waals surface area contributed by atoms with Gasteiger partial charge in [-0.2, -0.15) is 0 Å². The molecule has 0 fully saturated rings. The molecule has 0 bridgehead atoms. The Kier molecular flexibility index (Phi) is 13.7. The highest BCUT2D eigenvalue weighted by atomic mass is 13.9. The minimum Gasteiger partial charge on any atom is -0.0845 e. The Morgan fingerprint density at radius 3 is 2.33 bits per heavy atom. The van der Waals surface area contributed by atoms with Crippen LogP contribution in [0.1, 0.15) is 39.0 Å². The molecule has 0 aromatic carbocycles. The molecule has 0 aliphatic rings. The van der Waals surface area contributed by atoms with Crippen LogP contribution in [-0.4, -0.2) is 0 Å². The third kappa shape index (κ3) is 11.4. The van der Waals surface area contributed by atoms with E-state index in [4.69, 9.17) is 6.58 Å². The second-order valence-electron chi connectivity index (χ2n) is 2.09. The fourth-order valence-corrected chi connectivity index (χ4v) is 0.689. The van der Waals surface area contributed by atoms with Gasteiger partial charge in [0.15, 0.2) is 0 Å². The number of rotatable bonds is 5. The van der Waals surface area contributed by atoms with Crippen molar-refractivity contribution < 1.29 is 0 Å². The van der Waals surface area contributed by atoms with E-state index >= 15 is 0 Å². The molecule has 2 radical (unpaired) electrons. The van der Waals surface area contributed by atoms with Crippen LogP contribution in [0.3, 0.4) is 0 Å². The van der Waals surface area contributed by atoms with Crippen molar-refractivity contribution in [3.8, 4) is 0 Å². The normalized spacial score (nSPS) is 8.11. The largest absolute Gasteiger partial charge is 0.0845 e. The lowest BCUT2D eigenvalue weighted by molar-refractivity contribution is 0.674. The van der Waals surface area contributed by atoms with Crippen LogP contribution < -0.4 is 0 Å². The van der Waals surface area contributed by atoms with E-state index in [1.165, 1.54) is 25.7 Å². The van der Waals surface area contributed by atoms with Gasteiger partial charge in [0.25, 0.3) is 0 Å². The van der Waals surface area contributed by atoms with Gasteiger partial charge in [-0.25, -0.2) is 0 Å². The van der Waals surface area contributed by atoms with Gasteiger partial charge >= 0.3 is 0 Å². The van der Waals surface area contributed by atoms with Crippen molar-refractivity contribution in [1.82, 2.24) is 0 Å². The van der Waals surface area contributed by atoms with Crippen LogP contribution >= 0.6 is 0 Å². The molecule has 0 aromatic heterocycles. The maximum atomic E-state index is 5.19. The van der Waals surface area contributed by atoms with E-state index in [0.717, 1.165) is 6.42 Å².